The SMILES string of the molecule is COc1ccc(C(O)C2(OC)CCCCC2)c(F)c1. The Balaban J connectivity index is 2.29. The molecule has 4 heteroatoms. The highest BCUT2D eigenvalue weighted by Crippen LogP contribution is 2.42. The van der Waals surface area contributed by atoms with E-state index >= 15 is 0 Å². The van der Waals surface area contributed by atoms with Crippen molar-refractivity contribution in [3.63, 3.8) is 0 Å². The van der Waals surface area contributed by atoms with Crippen molar-refractivity contribution in [3.05, 3.63) is 29.6 Å². The van der Waals surface area contributed by atoms with Crippen molar-refractivity contribution in [1.29, 1.82) is 0 Å². The van der Waals surface area contributed by atoms with Gasteiger partial charge in [0.15, 0.2) is 0 Å². The molecular formula is C15H21FO3. The predicted octanol–water partition coefficient (Wildman–Crippen LogP) is 3.22. The number of ether oxygens (including phenoxy) is 2. The van der Waals surface area contributed by atoms with E-state index in [1.165, 1.54) is 13.2 Å². The number of methoxy groups -OCH3 is 2. The van der Waals surface area contributed by atoms with Crippen molar-refractivity contribution >= 4 is 0 Å². The van der Waals surface area contributed by atoms with Crippen LogP contribution in [0.15, 0.2) is 18.2 Å². The summed E-state index contributed by atoms with van der Waals surface area (Å²) in [6.07, 6.45) is 3.73. The molecule has 106 valence electrons. The van der Waals surface area contributed by atoms with Crippen molar-refractivity contribution in [2.45, 2.75) is 43.8 Å². The molecule has 3 nitrogen and oxygen atoms in total. The lowest BCUT2D eigenvalue weighted by Crippen LogP contribution is -2.40. The van der Waals surface area contributed by atoms with Gasteiger partial charge >= 0.3 is 0 Å². The highest BCUT2D eigenvalue weighted by Gasteiger charge is 2.41. The maximum atomic E-state index is 14.1. The molecule has 0 saturated heterocycles. The first kappa shape index (κ1) is 14.3. The van der Waals surface area contributed by atoms with Crippen LogP contribution in [0.2, 0.25) is 0 Å². The van der Waals surface area contributed by atoms with E-state index in [2.05, 4.69) is 0 Å². The van der Waals surface area contributed by atoms with Crippen LogP contribution in [0.3, 0.4) is 0 Å². The number of rotatable bonds is 4. The van der Waals surface area contributed by atoms with Crippen molar-refractivity contribution in [1.82, 2.24) is 0 Å². The van der Waals surface area contributed by atoms with Gasteiger partial charge in [0.1, 0.15) is 17.7 Å². The lowest BCUT2D eigenvalue weighted by atomic mass is 9.78. The fourth-order valence-corrected chi connectivity index (χ4v) is 2.88. The second-order valence-electron chi connectivity index (χ2n) is 5.12. The van der Waals surface area contributed by atoms with E-state index in [-0.39, 0.29) is 5.56 Å². The smallest absolute Gasteiger partial charge is 0.132 e. The van der Waals surface area contributed by atoms with Gasteiger partial charge in [0, 0.05) is 18.7 Å². The van der Waals surface area contributed by atoms with Crippen LogP contribution in [0.1, 0.15) is 43.8 Å². The minimum atomic E-state index is -0.941. The minimum absolute atomic E-state index is 0.282. The molecule has 1 fully saturated rings. The quantitative estimate of drug-likeness (QED) is 0.911. The monoisotopic (exact) mass is 268 g/mol. The van der Waals surface area contributed by atoms with Gasteiger partial charge < -0.3 is 14.6 Å². The normalized spacial score (nSPS) is 20.0. The molecule has 1 aliphatic carbocycles. The first-order chi connectivity index (χ1) is 9.13. The van der Waals surface area contributed by atoms with Crippen LogP contribution in [-0.4, -0.2) is 24.9 Å². The maximum Gasteiger partial charge on any atom is 0.132 e. The third kappa shape index (κ3) is 2.74. The third-order valence-corrected chi connectivity index (χ3v) is 4.11. The van der Waals surface area contributed by atoms with E-state index in [1.54, 1.807) is 19.2 Å². The fraction of sp³-hybridized carbons (Fsp3) is 0.600. The average molecular weight is 268 g/mol. The van der Waals surface area contributed by atoms with Gasteiger partial charge in [0.05, 0.1) is 12.7 Å². The van der Waals surface area contributed by atoms with Crippen LogP contribution in [0, 0.1) is 5.82 Å². The molecule has 1 aliphatic rings. The highest BCUT2D eigenvalue weighted by molar-refractivity contribution is 5.31. The maximum absolute atomic E-state index is 14.1. The molecule has 0 aromatic heterocycles. The van der Waals surface area contributed by atoms with Crippen LogP contribution >= 0.6 is 0 Å². The molecule has 0 heterocycles. The molecule has 0 spiro atoms. The minimum Gasteiger partial charge on any atom is -0.497 e. The number of halogens is 1. The Kier molecular flexibility index (Phi) is 4.42. The van der Waals surface area contributed by atoms with E-state index in [1.807, 2.05) is 0 Å². The molecule has 1 aromatic carbocycles. The van der Waals surface area contributed by atoms with Gasteiger partial charge in [-0.1, -0.05) is 19.3 Å². The average Bonchev–Trinajstić information content (AvgIpc) is 2.47. The third-order valence-electron chi connectivity index (χ3n) is 4.11. The van der Waals surface area contributed by atoms with Gasteiger partial charge in [-0.25, -0.2) is 4.39 Å². The molecule has 19 heavy (non-hydrogen) atoms. The van der Waals surface area contributed by atoms with Crippen molar-refractivity contribution in [2.75, 3.05) is 14.2 Å². The zero-order valence-corrected chi connectivity index (χ0v) is 11.5. The van der Waals surface area contributed by atoms with E-state index in [9.17, 15) is 9.50 Å². The lowest BCUT2D eigenvalue weighted by Gasteiger charge is -2.40. The summed E-state index contributed by atoms with van der Waals surface area (Å²) in [6.45, 7) is 0. The fourth-order valence-electron chi connectivity index (χ4n) is 2.88. The second-order valence-corrected chi connectivity index (χ2v) is 5.12. The molecule has 1 aromatic rings. The summed E-state index contributed by atoms with van der Waals surface area (Å²) in [5.74, 6) is -0.00240. The topological polar surface area (TPSA) is 38.7 Å². The van der Waals surface area contributed by atoms with Crippen LogP contribution in [-0.2, 0) is 4.74 Å². The Morgan fingerprint density at radius 2 is 1.89 bits per heavy atom. The highest BCUT2D eigenvalue weighted by atomic mass is 19.1. The summed E-state index contributed by atoms with van der Waals surface area (Å²) in [4.78, 5) is 0. The Morgan fingerprint density at radius 1 is 1.21 bits per heavy atom. The molecule has 2 rings (SSSR count). The summed E-state index contributed by atoms with van der Waals surface area (Å²) in [6, 6.07) is 4.53. The summed E-state index contributed by atoms with van der Waals surface area (Å²) >= 11 is 0. The Bertz CT molecular complexity index is 427. The largest absolute Gasteiger partial charge is 0.497 e. The van der Waals surface area contributed by atoms with Crippen molar-refractivity contribution in [3.8, 4) is 5.75 Å². The Morgan fingerprint density at radius 3 is 2.42 bits per heavy atom. The van der Waals surface area contributed by atoms with Gasteiger partial charge in [0.2, 0.25) is 0 Å². The number of hydrogen-bond donors (Lipinski definition) is 1. The Hall–Kier alpha value is -1.13. The molecule has 0 aliphatic heterocycles. The van der Waals surface area contributed by atoms with Crippen molar-refractivity contribution < 1.29 is 19.0 Å². The summed E-state index contributed by atoms with van der Waals surface area (Å²) in [5, 5.41) is 10.5. The molecule has 1 N–H and O–H groups in total. The molecule has 1 unspecified atom stereocenters. The number of aliphatic hydroxyl groups excluding tert-OH is 1. The number of hydrogen-bond acceptors (Lipinski definition) is 3. The molecule has 1 atom stereocenters. The van der Waals surface area contributed by atoms with Crippen LogP contribution < -0.4 is 4.74 Å². The molecular weight excluding hydrogens is 247 g/mol. The van der Waals surface area contributed by atoms with Gasteiger partial charge in [-0.15, -0.1) is 0 Å². The van der Waals surface area contributed by atoms with Gasteiger partial charge in [0.25, 0.3) is 0 Å². The summed E-state index contributed by atoms with van der Waals surface area (Å²) in [7, 11) is 3.08. The zero-order chi connectivity index (χ0) is 13.9. The first-order valence-corrected chi connectivity index (χ1v) is 6.69. The second kappa shape index (κ2) is 5.88. The van der Waals surface area contributed by atoms with Crippen LogP contribution in [0.5, 0.6) is 5.75 Å². The van der Waals surface area contributed by atoms with Crippen molar-refractivity contribution in [2.24, 2.45) is 0 Å². The summed E-state index contributed by atoms with van der Waals surface area (Å²) in [5.41, 5.74) is -0.377. The molecule has 0 amide bonds. The lowest BCUT2D eigenvalue weighted by molar-refractivity contribution is -0.126. The van der Waals surface area contributed by atoms with Crippen LogP contribution in [0.4, 0.5) is 4.39 Å². The van der Waals surface area contributed by atoms with Crippen LogP contribution in [0.25, 0.3) is 0 Å². The molecule has 0 radical (unpaired) electrons. The standard InChI is InChI=1S/C15H21FO3/c1-18-11-6-7-12(13(16)10-11)14(17)15(19-2)8-4-3-5-9-15/h6-7,10,14,17H,3-5,8-9H2,1-2H3. The van der Waals surface area contributed by atoms with Gasteiger partial charge in [-0.3, -0.25) is 0 Å². The summed E-state index contributed by atoms with van der Waals surface area (Å²) < 4.78 is 24.6. The van der Waals surface area contributed by atoms with E-state index in [4.69, 9.17) is 9.47 Å². The number of benzene rings is 1. The van der Waals surface area contributed by atoms with E-state index in [0.717, 1.165) is 32.1 Å². The zero-order valence-electron chi connectivity index (χ0n) is 11.5. The first-order valence-electron chi connectivity index (χ1n) is 6.69. The van der Waals surface area contributed by atoms with E-state index < -0.39 is 17.5 Å². The Labute approximate surface area is 113 Å². The molecule has 1 saturated carbocycles. The number of aliphatic hydroxyl groups is 1. The van der Waals surface area contributed by atoms with Gasteiger partial charge in [-0.2, -0.15) is 0 Å². The molecule has 0 bridgehead atoms. The predicted molar refractivity (Wildman–Crippen MR) is 70.7 cm³/mol. The van der Waals surface area contributed by atoms with E-state index in [0.29, 0.717) is 5.75 Å². The van der Waals surface area contributed by atoms with Gasteiger partial charge in [-0.05, 0) is 25.0 Å².